The molecule has 0 saturated carbocycles. The van der Waals surface area contributed by atoms with Crippen LogP contribution < -0.4 is 4.90 Å². The van der Waals surface area contributed by atoms with Crippen LogP contribution in [-0.2, 0) is 6.42 Å². The van der Waals surface area contributed by atoms with Crippen molar-refractivity contribution in [1.29, 1.82) is 10.5 Å². The van der Waals surface area contributed by atoms with Gasteiger partial charge < -0.3 is 9.47 Å². The zero-order valence-corrected chi connectivity index (χ0v) is 23.4. The van der Waals surface area contributed by atoms with Crippen molar-refractivity contribution in [3.05, 3.63) is 150 Å². The van der Waals surface area contributed by atoms with Crippen molar-refractivity contribution in [3.63, 3.8) is 0 Å². The summed E-state index contributed by atoms with van der Waals surface area (Å²) in [5.41, 5.74) is 8.45. The Balaban J connectivity index is 1.33. The molecule has 0 fully saturated rings. The number of fused-ring (bicyclic) bond motifs is 6. The Morgan fingerprint density at radius 2 is 1.65 bits per heavy atom. The molecule has 1 aromatic heterocycles. The van der Waals surface area contributed by atoms with Gasteiger partial charge in [0, 0.05) is 33.8 Å². The standard InChI is InChI=1S/C39H26N4/c1-2-27(25-40)22-31(43-38-17-8-5-14-34(38)35-24-29(26-41)19-21-39(35)43)20-18-28-10-9-11-30(23-28)42-36-15-6-3-12-32(36)33-13-4-7-16-37(33)42/h1,3-17,19-24,32,36H,18H2/b27-22+,31-20+. The quantitative estimate of drug-likeness (QED) is 0.125. The summed E-state index contributed by atoms with van der Waals surface area (Å²) in [4.78, 5) is 2.43. The van der Waals surface area contributed by atoms with Crippen LogP contribution in [-0.4, -0.2) is 10.6 Å². The number of para-hydroxylation sites is 2. The maximum atomic E-state index is 9.74. The predicted molar refractivity (Wildman–Crippen MR) is 174 cm³/mol. The van der Waals surface area contributed by atoms with Gasteiger partial charge in [0.2, 0.25) is 0 Å². The molecule has 1 aliphatic carbocycles. The van der Waals surface area contributed by atoms with Crippen LogP contribution in [0.4, 0.5) is 11.4 Å². The number of nitrogens with zero attached hydrogens (tertiary/aromatic N) is 4. The van der Waals surface area contributed by atoms with Gasteiger partial charge in [0.15, 0.2) is 0 Å². The van der Waals surface area contributed by atoms with Gasteiger partial charge >= 0.3 is 0 Å². The number of benzene rings is 4. The van der Waals surface area contributed by atoms with E-state index < -0.39 is 0 Å². The minimum Gasteiger partial charge on any atom is -0.333 e. The summed E-state index contributed by atoms with van der Waals surface area (Å²) in [6.07, 6.45) is 19.1. The summed E-state index contributed by atoms with van der Waals surface area (Å²) in [6, 6.07) is 35.8. The largest absolute Gasteiger partial charge is 0.333 e. The van der Waals surface area contributed by atoms with E-state index in [4.69, 9.17) is 6.42 Å². The van der Waals surface area contributed by atoms with Crippen LogP contribution in [0.3, 0.4) is 0 Å². The fourth-order valence-electron chi connectivity index (χ4n) is 6.44. The Bertz CT molecular complexity index is 2150. The van der Waals surface area contributed by atoms with Crippen molar-refractivity contribution in [1.82, 2.24) is 4.57 Å². The van der Waals surface area contributed by atoms with Gasteiger partial charge in [0.1, 0.15) is 11.6 Å². The van der Waals surface area contributed by atoms with E-state index in [1.807, 2.05) is 30.3 Å². The Hall–Kier alpha value is -6.02. The Labute approximate surface area is 251 Å². The molecule has 2 aliphatic rings. The molecule has 4 nitrogen and oxygen atoms in total. The Kier molecular flexibility index (Phi) is 6.48. The van der Waals surface area contributed by atoms with Gasteiger partial charge in [0.25, 0.3) is 0 Å². The summed E-state index contributed by atoms with van der Waals surface area (Å²) in [5, 5.41) is 21.3. The second-order valence-corrected chi connectivity index (χ2v) is 10.7. The van der Waals surface area contributed by atoms with Crippen LogP contribution >= 0.6 is 0 Å². The van der Waals surface area contributed by atoms with E-state index in [0.29, 0.717) is 17.9 Å². The third kappa shape index (κ3) is 4.42. The molecule has 2 heterocycles. The number of aromatic nitrogens is 1. The van der Waals surface area contributed by atoms with E-state index in [1.54, 1.807) is 6.08 Å². The van der Waals surface area contributed by atoms with Crippen LogP contribution in [0, 0.1) is 35.0 Å². The molecule has 0 amide bonds. The highest BCUT2D eigenvalue weighted by molar-refractivity contribution is 6.10. The van der Waals surface area contributed by atoms with Gasteiger partial charge in [-0.2, -0.15) is 10.5 Å². The summed E-state index contributed by atoms with van der Waals surface area (Å²) < 4.78 is 2.13. The average Bonchev–Trinajstić information content (AvgIpc) is 3.58. The van der Waals surface area contributed by atoms with Gasteiger partial charge in [-0.3, -0.25) is 0 Å². The third-order valence-electron chi connectivity index (χ3n) is 8.32. The van der Waals surface area contributed by atoms with Crippen molar-refractivity contribution in [2.75, 3.05) is 4.90 Å². The maximum absolute atomic E-state index is 9.74. The number of allylic oxidation sites excluding steroid dienone is 6. The SMILES string of the molecule is C#C/C(C#N)=C\C(=C/Cc1cccc(N2c3ccccc3C3C=CC=CC32)c1)n1c2ccccc2c2cc(C#N)ccc21. The minimum absolute atomic E-state index is 0.233. The molecular weight excluding hydrogens is 524 g/mol. The van der Waals surface area contributed by atoms with Crippen molar-refractivity contribution < 1.29 is 0 Å². The van der Waals surface area contributed by atoms with E-state index in [0.717, 1.165) is 38.8 Å². The summed E-state index contributed by atoms with van der Waals surface area (Å²) in [7, 11) is 0. The summed E-state index contributed by atoms with van der Waals surface area (Å²) in [6.45, 7) is 0. The molecule has 202 valence electrons. The van der Waals surface area contributed by atoms with Crippen LogP contribution in [0.25, 0.3) is 27.5 Å². The molecular formula is C39H26N4. The highest BCUT2D eigenvalue weighted by Gasteiger charge is 2.36. The second kappa shape index (κ2) is 10.8. The zero-order chi connectivity index (χ0) is 29.3. The van der Waals surface area contributed by atoms with Crippen LogP contribution in [0.15, 0.2) is 133 Å². The fraction of sp³-hybridized carbons (Fsp3) is 0.0769. The normalized spacial score (nSPS) is 17.4. The van der Waals surface area contributed by atoms with E-state index in [9.17, 15) is 10.5 Å². The van der Waals surface area contributed by atoms with Gasteiger partial charge in [0.05, 0.1) is 28.7 Å². The Morgan fingerprint density at radius 1 is 0.837 bits per heavy atom. The molecule has 0 saturated heterocycles. The average molecular weight is 551 g/mol. The first-order valence-electron chi connectivity index (χ1n) is 14.2. The third-order valence-corrected chi connectivity index (χ3v) is 8.32. The fourth-order valence-corrected chi connectivity index (χ4v) is 6.44. The highest BCUT2D eigenvalue weighted by Crippen LogP contribution is 2.47. The number of hydrogen-bond donors (Lipinski definition) is 0. The molecule has 7 rings (SSSR count). The smallest absolute Gasteiger partial charge is 0.108 e. The number of terminal acetylenes is 1. The van der Waals surface area contributed by atoms with Crippen LogP contribution in [0.2, 0.25) is 0 Å². The molecule has 4 aromatic carbocycles. The first-order valence-corrected chi connectivity index (χ1v) is 14.2. The number of nitriles is 2. The first kappa shape index (κ1) is 25.9. The molecule has 4 heteroatoms. The van der Waals surface area contributed by atoms with Gasteiger partial charge in [-0.25, -0.2) is 0 Å². The molecule has 43 heavy (non-hydrogen) atoms. The molecule has 5 aromatic rings. The predicted octanol–water partition coefficient (Wildman–Crippen LogP) is 8.56. The monoisotopic (exact) mass is 550 g/mol. The molecule has 2 unspecified atom stereocenters. The van der Waals surface area contributed by atoms with Crippen LogP contribution in [0.1, 0.15) is 22.6 Å². The molecule has 0 spiro atoms. The highest BCUT2D eigenvalue weighted by atomic mass is 15.2. The summed E-state index contributed by atoms with van der Waals surface area (Å²) in [5.74, 6) is 2.85. The molecule has 0 N–H and O–H groups in total. The van der Waals surface area contributed by atoms with E-state index in [2.05, 4.69) is 119 Å². The van der Waals surface area contributed by atoms with Crippen molar-refractivity contribution in [2.24, 2.45) is 0 Å². The second-order valence-electron chi connectivity index (χ2n) is 10.7. The van der Waals surface area contributed by atoms with Gasteiger partial charge in [-0.1, -0.05) is 84.8 Å². The maximum Gasteiger partial charge on any atom is 0.108 e. The van der Waals surface area contributed by atoms with Gasteiger partial charge in [-0.15, -0.1) is 6.42 Å². The van der Waals surface area contributed by atoms with E-state index in [-0.39, 0.29) is 11.6 Å². The topological polar surface area (TPSA) is 55.8 Å². The van der Waals surface area contributed by atoms with Crippen molar-refractivity contribution in [2.45, 2.75) is 18.4 Å². The number of rotatable bonds is 5. The zero-order valence-electron chi connectivity index (χ0n) is 23.4. The number of hydrogen-bond acceptors (Lipinski definition) is 3. The van der Waals surface area contributed by atoms with Crippen molar-refractivity contribution >= 4 is 38.9 Å². The lowest BCUT2D eigenvalue weighted by atomic mass is 9.91. The van der Waals surface area contributed by atoms with Crippen LogP contribution in [0.5, 0.6) is 0 Å². The lowest BCUT2D eigenvalue weighted by Gasteiger charge is -2.29. The van der Waals surface area contributed by atoms with Gasteiger partial charge in [-0.05, 0) is 66.1 Å². The van der Waals surface area contributed by atoms with Crippen molar-refractivity contribution in [3.8, 4) is 24.5 Å². The Morgan fingerprint density at radius 3 is 2.51 bits per heavy atom. The first-order chi connectivity index (χ1) is 21.2. The molecule has 0 radical (unpaired) electrons. The number of anilines is 2. The van der Waals surface area contributed by atoms with E-state index in [1.165, 1.54) is 11.3 Å². The minimum atomic E-state index is 0.233. The summed E-state index contributed by atoms with van der Waals surface area (Å²) >= 11 is 0. The molecule has 0 bridgehead atoms. The molecule has 2 atom stereocenters. The molecule has 1 aliphatic heterocycles. The van der Waals surface area contributed by atoms with E-state index >= 15 is 0 Å². The lowest BCUT2D eigenvalue weighted by molar-refractivity contribution is 0.744. The lowest BCUT2D eigenvalue weighted by Crippen LogP contribution is -2.28.